The molecule has 0 aromatic carbocycles. The first-order valence-corrected chi connectivity index (χ1v) is 16.1. The van der Waals surface area contributed by atoms with E-state index in [0.29, 0.717) is 70.8 Å². The lowest BCUT2D eigenvalue weighted by Crippen LogP contribution is -2.51. The minimum Gasteiger partial charge on any atom is -0.377 e. The van der Waals surface area contributed by atoms with Crippen molar-refractivity contribution in [3.05, 3.63) is 11.3 Å². The van der Waals surface area contributed by atoms with Crippen LogP contribution in [-0.4, -0.2) is 91.1 Å². The van der Waals surface area contributed by atoms with Crippen molar-refractivity contribution in [2.75, 3.05) is 39.5 Å². The molecule has 2 atom stereocenters. The van der Waals surface area contributed by atoms with Crippen LogP contribution in [0.15, 0.2) is 11.3 Å². The van der Waals surface area contributed by atoms with E-state index in [9.17, 15) is 24.0 Å². The third-order valence-corrected chi connectivity index (χ3v) is 9.37. The molecule has 1 amide bonds. The van der Waals surface area contributed by atoms with Crippen LogP contribution in [0.2, 0.25) is 0 Å². The van der Waals surface area contributed by atoms with Gasteiger partial charge in [0, 0.05) is 62.9 Å². The first-order valence-electron chi connectivity index (χ1n) is 16.1. The molecule has 0 bridgehead atoms. The summed E-state index contributed by atoms with van der Waals surface area (Å²) >= 11 is 0. The average Bonchev–Trinajstić information content (AvgIpc) is 3.63. The predicted octanol–water partition coefficient (Wildman–Crippen LogP) is 3.67. The Morgan fingerprint density at radius 3 is 1.89 bits per heavy atom. The highest BCUT2D eigenvalue weighted by Gasteiger charge is 2.55. The van der Waals surface area contributed by atoms with Crippen molar-refractivity contribution < 1.29 is 42.9 Å². The number of ether oxygens (including phenoxy) is 4. The number of Topliss-reactive ketones (excluding diaryl/α,β-unsaturated/α-hetero) is 4. The van der Waals surface area contributed by atoms with Crippen molar-refractivity contribution in [3.63, 3.8) is 0 Å². The predicted molar refractivity (Wildman–Crippen MR) is 162 cm³/mol. The van der Waals surface area contributed by atoms with Gasteiger partial charge in [0.05, 0.1) is 31.8 Å². The summed E-state index contributed by atoms with van der Waals surface area (Å²) < 4.78 is 22.8. The SMILES string of the molecule is CC(=O)CC[C@]1(C(C)=O)CC2(CCC1=O)OCCO2.CCN(CC)C(=O)[C@@H](NC1=C(C(C)=O)CC2(CC1)OCCO2)C(C)C. The van der Waals surface area contributed by atoms with Gasteiger partial charge >= 0.3 is 0 Å². The van der Waals surface area contributed by atoms with Gasteiger partial charge in [-0.05, 0) is 53.4 Å². The third kappa shape index (κ3) is 8.21. The molecule has 0 aromatic rings. The van der Waals surface area contributed by atoms with E-state index >= 15 is 0 Å². The summed E-state index contributed by atoms with van der Waals surface area (Å²) in [5, 5.41) is 3.40. The van der Waals surface area contributed by atoms with E-state index in [0.717, 1.165) is 5.70 Å². The molecule has 0 aromatic heterocycles. The van der Waals surface area contributed by atoms with Crippen molar-refractivity contribution in [2.24, 2.45) is 11.3 Å². The van der Waals surface area contributed by atoms with Gasteiger partial charge in [-0.25, -0.2) is 0 Å². The molecular weight excluding hydrogens is 568 g/mol. The Balaban J connectivity index is 0.000000249. The number of allylic oxidation sites excluding steroid dienone is 1. The fourth-order valence-electron chi connectivity index (χ4n) is 6.65. The van der Waals surface area contributed by atoms with Gasteiger partial charge in [-0.3, -0.25) is 19.2 Å². The van der Waals surface area contributed by atoms with Crippen LogP contribution in [0.4, 0.5) is 0 Å². The van der Waals surface area contributed by atoms with Gasteiger partial charge in [0.25, 0.3) is 0 Å². The van der Waals surface area contributed by atoms with Crippen LogP contribution in [-0.2, 0) is 42.9 Å². The number of carbonyl (C=O) groups excluding carboxylic acids is 5. The lowest BCUT2D eigenvalue weighted by atomic mass is 9.65. The lowest BCUT2D eigenvalue weighted by molar-refractivity contribution is -0.203. The van der Waals surface area contributed by atoms with Crippen molar-refractivity contribution in [2.45, 2.75) is 117 Å². The van der Waals surface area contributed by atoms with E-state index in [4.69, 9.17) is 18.9 Å². The van der Waals surface area contributed by atoms with Crippen LogP contribution in [0, 0.1) is 11.3 Å². The number of likely N-dealkylation sites (N-methyl/N-ethyl adjacent to an activating group) is 1. The Kier molecular flexibility index (Phi) is 12.4. The Morgan fingerprint density at radius 2 is 1.41 bits per heavy atom. The number of hydrogen-bond acceptors (Lipinski definition) is 10. The summed E-state index contributed by atoms with van der Waals surface area (Å²) in [6.45, 7) is 16.0. The summed E-state index contributed by atoms with van der Waals surface area (Å²) in [5.74, 6) is -1.49. The zero-order chi connectivity index (χ0) is 32.7. The Hall–Kier alpha value is -2.47. The summed E-state index contributed by atoms with van der Waals surface area (Å²) in [4.78, 5) is 62.4. The monoisotopic (exact) mass is 620 g/mol. The highest BCUT2D eigenvalue weighted by Crippen LogP contribution is 2.47. The standard InChI is InChI=1S/C19H32N2O4.C14H20O5/c1-6-21(7-2)18(23)17(13(3)4)20-16-8-9-19(24-10-11-25-19)12-15(16)14(5)22;1-10(15)3-5-13(11(2)16)9-14(6-4-12(13)17)18-7-8-19-14/h13,17,20H,6-12H2,1-5H3;3-9H2,1-2H3/t17-;13-/m01/s1. The van der Waals surface area contributed by atoms with Crippen molar-refractivity contribution >= 4 is 29.0 Å². The molecule has 1 saturated carbocycles. The highest BCUT2D eigenvalue weighted by molar-refractivity contribution is 6.07. The minimum absolute atomic E-state index is 0.0125. The Morgan fingerprint density at radius 1 is 0.864 bits per heavy atom. The average molecular weight is 621 g/mol. The Labute approximate surface area is 261 Å². The highest BCUT2D eigenvalue weighted by atomic mass is 16.7. The van der Waals surface area contributed by atoms with Gasteiger partial charge in [-0.15, -0.1) is 0 Å². The van der Waals surface area contributed by atoms with E-state index in [2.05, 4.69) is 5.32 Å². The maximum Gasteiger partial charge on any atom is 0.245 e. The van der Waals surface area contributed by atoms with E-state index in [1.54, 1.807) is 6.92 Å². The second-order valence-corrected chi connectivity index (χ2v) is 12.7. The summed E-state index contributed by atoms with van der Waals surface area (Å²) in [7, 11) is 0. The van der Waals surface area contributed by atoms with E-state index in [-0.39, 0.29) is 66.7 Å². The summed E-state index contributed by atoms with van der Waals surface area (Å²) in [5.41, 5.74) is 0.469. The van der Waals surface area contributed by atoms with Crippen LogP contribution >= 0.6 is 0 Å². The second-order valence-electron chi connectivity index (χ2n) is 12.7. The molecule has 4 rings (SSSR count). The van der Waals surface area contributed by atoms with E-state index < -0.39 is 17.0 Å². The molecule has 2 saturated heterocycles. The number of hydrogen-bond donors (Lipinski definition) is 1. The topological polar surface area (TPSA) is 138 Å². The maximum atomic E-state index is 12.9. The van der Waals surface area contributed by atoms with Crippen molar-refractivity contribution in [1.82, 2.24) is 10.2 Å². The normalized spacial score (nSPS) is 24.7. The molecule has 2 aliphatic heterocycles. The van der Waals surface area contributed by atoms with Crippen LogP contribution in [0.5, 0.6) is 0 Å². The molecule has 1 N–H and O–H groups in total. The van der Waals surface area contributed by atoms with Gasteiger partial charge in [-0.2, -0.15) is 0 Å². The molecule has 0 unspecified atom stereocenters. The number of ketones is 4. The van der Waals surface area contributed by atoms with E-state index in [1.165, 1.54) is 13.8 Å². The first-order chi connectivity index (χ1) is 20.7. The summed E-state index contributed by atoms with van der Waals surface area (Å²) in [6.07, 6.45) is 3.35. The van der Waals surface area contributed by atoms with Gasteiger partial charge in [-0.1, -0.05) is 13.8 Å². The van der Waals surface area contributed by atoms with Crippen molar-refractivity contribution in [3.8, 4) is 0 Å². The molecule has 2 aliphatic carbocycles. The summed E-state index contributed by atoms with van der Waals surface area (Å²) in [6, 6.07) is -0.330. The lowest BCUT2D eigenvalue weighted by Gasteiger charge is -2.42. The van der Waals surface area contributed by atoms with E-state index in [1.807, 2.05) is 32.6 Å². The number of rotatable bonds is 11. The largest absolute Gasteiger partial charge is 0.377 e. The number of nitrogens with one attached hydrogen (secondary N) is 1. The molecule has 248 valence electrons. The molecule has 11 nitrogen and oxygen atoms in total. The smallest absolute Gasteiger partial charge is 0.245 e. The molecule has 11 heteroatoms. The van der Waals surface area contributed by atoms with Gasteiger partial charge in [0.1, 0.15) is 23.4 Å². The molecule has 4 aliphatic rings. The van der Waals surface area contributed by atoms with Gasteiger partial charge in [0.15, 0.2) is 17.4 Å². The molecule has 2 heterocycles. The molecule has 2 spiro atoms. The number of carbonyl (C=O) groups is 5. The quantitative estimate of drug-likeness (QED) is 0.341. The zero-order valence-corrected chi connectivity index (χ0v) is 27.7. The second kappa shape index (κ2) is 15.2. The van der Waals surface area contributed by atoms with Crippen LogP contribution < -0.4 is 5.32 Å². The maximum absolute atomic E-state index is 12.9. The zero-order valence-electron chi connectivity index (χ0n) is 27.7. The number of amides is 1. The molecule has 44 heavy (non-hydrogen) atoms. The van der Waals surface area contributed by atoms with Gasteiger partial charge < -0.3 is 34.0 Å². The fraction of sp³-hybridized carbons (Fsp3) is 0.788. The van der Waals surface area contributed by atoms with Crippen LogP contribution in [0.3, 0.4) is 0 Å². The first kappa shape index (κ1) is 36.0. The van der Waals surface area contributed by atoms with Crippen molar-refractivity contribution in [1.29, 1.82) is 0 Å². The molecule has 0 radical (unpaired) electrons. The van der Waals surface area contributed by atoms with Crippen LogP contribution in [0.25, 0.3) is 0 Å². The van der Waals surface area contributed by atoms with Gasteiger partial charge in [0.2, 0.25) is 5.91 Å². The van der Waals surface area contributed by atoms with Crippen LogP contribution in [0.1, 0.15) is 99.8 Å². The molecular formula is C33H52N2O9. The third-order valence-electron chi connectivity index (χ3n) is 9.37. The minimum atomic E-state index is -1.10. The fourth-order valence-corrected chi connectivity index (χ4v) is 6.65. The number of nitrogens with zero attached hydrogens (tertiary/aromatic N) is 1. The Bertz CT molecular complexity index is 1110. The molecule has 3 fully saturated rings.